The molecule has 0 aliphatic carbocycles. The van der Waals surface area contributed by atoms with Gasteiger partial charge < -0.3 is 4.74 Å². The van der Waals surface area contributed by atoms with Crippen LogP contribution < -0.4 is 9.44 Å². The molecule has 1 amide bonds. The van der Waals surface area contributed by atoms with Crippen molar-refractivity contribution in [2.45, 2.75) is 13.8 Å². The molecule has 1 aromatic rings. The molecule has 0 saturated carbocycles. The van der Waals surface area contributed by atoms with Gasteiger partial charge in [0.2, 0.25) is 0 Å². The van der Waals surface area contributed by atoms with Gasteiger partial charge in [0.1, 0.15) is 5.82 Å². The Morgan fingerprint density at radius 3 is 2.72 bits per heavy atom. The minimum Gasteiger partial charge on any atom is -0.449 e. The first kappa shape index (κ1) is 14.7. The Morgan fingerprint density at radius 2 is 2.17 bits per heavy atom. The zero-order valence-electron chi connectivity index (χ0n) is 9.73. The molecule has 0 spiro atoms. The molecule has 0 atom stereocenters. The Bertz CT molecular complexity index is 547. The molecule has 9 heteroatoms. The van der Waals surface area contributed by atoms with E-state index in [1.165, 1.54) is 6.07 Å². The number of pyridine rings is 1. The van der Waals surface area contributed by atoms with Gasteiger partial charge in [-0.15, -0.1) is 0 Å². The molecule has 0 unspecified atom stereocenters. The molecule has 1 rings (SSSR count). The third-order valence-corrected chi connectivity index (χ3v) is 3.50. The predicted molar refractivity (Wildman–Crippen MR) is 69.4 cm³/mol. The zero-order valence-corrected chi connectivity index (χ0v) is 12.1. The van der Waals surface area contributed by atoms with Crippen LogP contribution in [0.4, 0.5) is 10.6 Å². The van der Waals surface area contributed by atoms with Crippen molar-refractivity contribution < 1.29 is 17.9 Å². The van der Waals surface area contributed by atoms with E-state index in [0.29, 0.717) is 5.69 Å². The summed E-state index contributed by atoms with van der Waals surface area (Å²) in [4.78, 5) is 15.0. The lowest BCUT2D eigenvalue weighted by atomic mass is 10.4. The molecule has 0 saturated heterocycles. The van der Waals surface area contributed by atoms with Gasteiger partial charge in [-0.1, -0.05) is 0 Å². The van der Waals surface area contributed by atoms with Crippen LogP contribution in [0.5, 0.6) is 0 Å². The van der Waals surface area contributed by atoms with Gasteiger partial charge >= 0.3 is 16.3 Å². The van der Waals surface area contributed by atoms with Gasteiger partial charge in [-0.2, -0.15) is 8.42 Å². The number of aryl methyl sites for hydroxylation is 1. The maximum absolute atomic E-state index is 11.5. The molecular formula is C9H12BrN3O4S. The number of carbonyl (C=O) groups excluding carboxylic acids is 1. The van der Waals surface area contributed by atoms with Crippen molar-refractivity contribution in [2.24, 2.45) is 0 Å². The summed E-state index contributed by atoms with van der Waals surface area (Å²) in [6.45, 7) is 3.36. The van der Waals surface area contributed by atoms with Crippen LogP contribution in [0.15, 0.2) is 16.6 Å². The van der Waals surface area contributed by atoms with Gasteiger partial charge in [-0.25, -0.2) is 14.5 Å². The van der Waals surface area contributed by atoms with Crippen molar-refractivity contribution in [3.63, 3.8) is 0 Å². The minimum absolute atomic E-state index is 0.0804. The van der Waals surface area contributed by atoms with Crippen LogP contribution in [-0.2, 0) is 14.9 Å². The number of hydrogen-bond donors (Lipinski definition) is 2. The first-order chi connectivity index (χ1) is 8.34. The van der Waals surface area contributed by atoms with E-state index >= 15 is 0 Å². The summed E-state index contributed by atoms with van der Waals surface area (Å²) in [6.07, 6.45) is -1.04. The first-order valence-electron chi connectivity index (χ1n) is 4.94. The van der Waals surface area contributed by atoms with E-state index < -0.39 is 16.3 Å². The minimum atomic E-state index is -4.04. The largest absolute Gasteiger partial charge is 0.449 e. The molecule has 18 heavy (non-hydrogen) atoms. The van der Waals surface area contributed by atoms with E-state index in [1.807, 2.05) is 0 Å². The highest BCUT2D eigenvalue weighted by Crippen LogP contribution is 2.16. The Hall–Kier alpha value is -1.35. The number of amides is 1. The third kappa shape index (κ3) is 4.49. The van der Waals surface area contributed by atoms with Crippen LogP contribution in [0.25, 0.3) is 0 Å². The Kier molecular flexibility index (Phi) is 4.91. The summed E-state index contributed by atoms with van der Waals surface area (Å²) in [5.74, 6) is 0.104. The standard InChI is InChI=1S/C9H12BrN3O4S/c1-3-17-9(14)13-18(15,16)12-8-5-4-7(10)6(2)11-8/h4-5H,3H2,1-2H3,(H,11,12)(H,13,14). The maximum Gasteiger partial charge on any atom is 0.422 e. The molecular weight excluding hydrogens is 326 g/mol. The van der Waals surface area contributed by atoms with Crippen molar-refractivity contribution in [3.8, 4) is 0 Å². The fourth-order valence-corrected chi connectivity index (χ4v) is 1.97. The molecule has 0 aromatic carbocycles. The lowest BCUT2D eigenvalue weighted by Crippen LogP contribution is -2.36. The molecule has 7 nitrogen and oxygen atoms in total. The van der Waals surface area contributed by atoms with E-state index in [9.17, 15) is 13.2 Å². The predicted octanol–water partition coefficient (Wildman–Crippen LogP) is 1.56. The summed E-state index contributed by atoms with van der Waals surface area (Å²) in [5, 5.41) is 0. The smallest absolute Gasteiger partial charge is 0.422 e. The van der Waals surface area contributed by atoms with Crippen LogP contribution in [-0.4, -0.2) is 26.1 Å². The van der Waals surface area contributed by atoms with E-state index in [0.717, 1.165) is 4.47 Å². The zero-order chi connectivity index (χ0) is 13.8. The van der Waals surface area contributed by atoms with Crippen molar-refractivity contribution in [1.82, 2.24) is 9.71 Å². The number of nitrogens with one attached hydrogen (secondary N) is 2. The van der Waals surface area contributed by atoms with Crippen LogP contribution in [0.1, 0.15) is 12.6 Å². The number of rotatable bonds is 4. The lowest BCUT2D eigenvalue weighted by molar-refractivity contribution is 0.159. The van der Waals surface area contributed by atoms with Gasteiger partial charge in [0, 0.05) is 4.47 Å². The van der Waals surface area contributed by atoms with Crippen LogP contribution in [0.2, 0.25) is 0 Å². The third-order valence-electron chi connectivity index (χ3n) is 1.75. The molecule has 0 aliphatic rings. The average molecular weight is 338 g/mol. The highest BCUT2D eigenvalue weighted by Gasteiger charge is 2.15. The van der Waals surface area contributed by atoms with E-state index in [1.54, 1.807) is 24.6 Å². The molecule has 0 radical (unpaired) electrons. The number of ether oxygens (including phenoxy) is 1. The summed E-state index contributed by atoms with van der Waals surface area (Å²) in [6, 6.07) is 3.10. The number of aromatic nitrogens is 1. The second kappa shape index (κ2) is 6.01. The summed E-state index contributed by atoms with van der Waals surface area (Å²) in [5.41, 5.74) is 0.617. The second-order valence-corrected chi connectivity index (χ2v) is 5.46. The second-order valence-electron chi connectivity index (χ2n) is 3.19. The van der Waals surface area contributed by atoms with Crippen LogP contribution in [0, 0.1) is 6.92 Å². The molecule has 0 fully saturated rings. The first-order valence-corrected chi connectivity index (χ1v) is 7.22. The summed E-state index contributed by atoms with van der Waals surface area (Å²) in [7, 11) is -4.04. The van der Waals surface area contributed by atoms with Gasteiger partial charge in [0.25, 0.3) is 0 Å². The molecule has 1 aromatic heterocycles. The van der Waals surface area contributed by atoms with Crippen molar-refractivity contribution in [3.05, 3.63) is 22.3 Å². The maximum atomic E-state index is 11.5. The van der Waals surface area contributed by atoms with Crippen molar-refractivity contribution in [2.75, 3.05) is 11.3 Å². The quantitative estimate of drug-likeness (QED) is 0.868. The fourth-order valence-electron chi connectivity index (χ4n) is 1.03. The molecule has 100 valence electrons. The van der Waals surface area contributed by atoms with E-state index in [-0.39, 0.29) is 12.4 Å². The van der Waals surface area contributed by atoms with Crippen molar-refractivity contribution >= 4 is 38.1 Å². The van der Waals surface area contributed by atoms with E-state index in [2.05, 4.69) is 30.4 Å². The SMILES string of the molecule is CCOC(=O)NS(=O)(=O)Nc1ccc(Br)c(C)n1. The Labute approximate surface area is 113 Å². The number of halogens is 1. The number of anilines is 1. The number of hydrogen-bond acceptors (Lipinski definition) is 5. The number of nitrogens with zero attached hydrogens (tertiary/aromatic N) is 1. The summed E-state index contributed by atoms with van der Waals surface area (Å²) >= 11 is 3.24. The molecule has 0 bridgehead atoms. The lowest BCUT2D eigenvalue weighted by Gasteiger charge is -2.09. The van der Waals surface area contributed by atoms with Gasteiger partial charge in [-0.05, 0) is 41.9 Å². The Balaban J connectivity index is 2.76. The summed E-state index contributed by atoms with van der Waals surface area (Å²) < 4.78 is 32.0. The van der Waals surface area contributed by atoms with Crippen LogP contribution in [0.3, 0.4) is 0 Å². The highest BCUT2D eigenvalue weighted by molar-refractivity contribution is 9.10. The Morgan fingerprint density at radius 1 is 1.50 bits per heavy atom. The van der Waals surface area contributed by atoms with E-state index in [4.69, 9.17) is 0 Å². The van der Waals surface area contributed by atoms with Gasteiger partial charge in [0.05, 0.1) is 12.3 Å². The topological polar surface area (TPSA) is 97.4 Å². The average Bonchev–Trinajstić information content (AvgIpc) is 2.22. The van der Waals surface area contributed by atoms with Gasteiger partial charge in [-0.3, -0.25) is 4.72 Å². The highest BCUT2D eigenvalue weighted by atomic mass is 79.9. The monoisotopic (exact) mass is 337 g/mol. The molecule has 2 N–H and O–H groups in total. The van der Waals surface area contributed by atoms with Crippen molar-refractivity contribution in [1.29, 1.82) is 0 Å². The molecule has 0 aliphatic heterocycles. The normalized spacial score (nSPS) is 10.8. The molecule has 1 heterocycles. The van der Waals surface area contributed by atoms with Gasteiger partial charge in [0.15, 0.2) is 0 Å². The number of carbonyl (C=O) groups is 1. The van der Waals surface area contributed by atoms with Crippen LogP contribution >= 0.6 is 15.9 Å². The fraction of sp³-hybridized carbons (Fsp3) is 0.333.